The minimum absolute atomic E-state index is 0.0842. The molecule has 0 atom stereocenters. The minimum atomic E-state index is -3.32. The second-order valence-electron chi connectivity index (χ2n) is 8.10. The van der Waals surface area contributed by atoms with Crippen molar-refractivity contribution >= 4 is 44.2 Å². The summed E-state index contributed by atoms with van der Waals surface area (Å²) in [6, 6.07) is 23.2. The molecule has 0 fully saturated rings. The first-order chi connectivity index (χ1) is 17.5. The summed E-state index contributed by atoms with van der Waals surface area (Å²) >= 11 is 0. The third kappa shape index (κ3) is 5.65. The van der Waals surface area contributed by atoms with Crippen LogP contribution in [0, 0.1) is 0 Å². The van der Waals surface area contributed by atoms with Gasteiger partial charge in [-0.05, 0) is 48.5 Å². The molecule has 0 radical (unpaired) electrons. The number of nitrogens with zero attached hydrogens (tertiary/aromatic N) is 5. The third-order valence-electron chi connectivity index (χ3n) is 5.52. The van der Waals surface area contributed by atoms with E-state index in [2.05, 4.69) is 47.5 Å². The van der Waals surface area contributed by atoms with Crippen molar-refractivity contribution in [2.45, 2.75) is 12.3 Å². The van der Waals surface area contributed by atoms with Gasteiger partial charge in [0.2, 0.25) is 21.9 Å². The van der Waals surface area contributed by atoms with E-state index in [1.807, 2.05) is 47.3 Å². The lowest BCUT2D eigenvalue weighted by Crippen LogP contribution is -2.20. The zero-order chi connectivity index (χ0) is 25.0. The van der Waals surface area contributed by atoms with E-state index < -0.39 is 10.0 Å². The predicted molar refractivity (Wildman–Crippen MR) is 140 cm³/mol. The van der Waals surface area contributed by atoms with Gasteiger partial charge in [0.25, 0.3) is 0 Å². The molecule has 0 aliphatic rings. The van der Waals surface area contributed by atoms with Gasteiger partial charge in [0.15, 0.2) is 0 Å². The Labute approximate surface area is 208 Å². The number of nitrogens with one attached hydrogen (secondary N) is 3. The van der Waals surface area contributed by atoms with Crippen LogP contribution in [0.3, 0.4) is 0 Å². The highest BCUT2D eigenvalue weighted by molar-refractivity contribution is 7.88. The van der Waals surface area contributed by atoms with E-state index in [4.69, 9.17) is 0 Å². The van der Waals surface area contributed by atoms with Gasteiger partial charge in [0, 0.05) is 16.8 Å². The molecule has 0 spiro atoms. The largest absolute Gasteiger partial charge is 0.324 e. The van der Waals surface area contributed by atoms with Crippen molar-refractivity contribution in [2.75, 3.05) is 17.7 Å². The Morgan fingerprint density at radius 1 is 0.833 bits per heavy atom. The SMILES string of the molecule is CNS(=O)(=O)Cc1ccc(Nc2ncnc(Nc3ccc4c(cnn4Cc4ccccc4)c3)n2)cc1. The molecule has 3 aromatic carbocycles. The van der Waals surface area contributed by atoms with E-state index in [0.717, 1.165) is 22.3 Å². The number of sulfonamides is 1. The maximum Gasteiger partial charge on any atom is 0.232 e. The standard InChI is InChI=1S/C25H24N8O2S/c1-26-36(34,35)16-19-7-9-21(10-8-19)30-24-27-17-28-25(32-24)31-22-11-12-23-20(13-22)14-29-33(23)15-18-5-3-2-4-6-18/h2-14,17,26H,15-16H2,1H3,(H2,27,28,30,31,32). The summed E-state index contributed by atoms with van der Waals surface area (Å²) in [5.41, 5.74) is 4.45. The Balaban J connectivity index is 1.27. The van der Waals surface area contributed by atoms with Gasteiger partial charge in [0.05, 0.1) is 24.0 Å². The van der Waals surface area contributed by atoms with Crippen LogP contribution in [0.25, 0.3) is 10.9 Å². The Bertz CT molecular complexity index is 1590. The fraction of sp³-hybridized carbons (Fsp3) is 0.120. The number of benzene rings is 3. The Hall–Kier alpha value is -4.35. The second-order valence-corrected chi connectivity index (χ2v) is 10.0. The summed E-state index contributed by atoms with van der Waals surface area (Å²) in [6.45, 7) is 0.700. The molecule has 5 aromatic rings. The van der Waals surface area contributed by atoms with Crippen LogP contribution < -0.4 is 15.4 Å². The predicted octanol–water partition coefficient (Wildman–Crippen LogP) is 3.81. The Kier molecular flexibility index (Phi) is 6.56. The molecule has 0 amide bonds. The topological polar surface area (TPSA) is 127 Å². The number of fused-ring (bicyclic) bond motifs is 1. The number of anilines is 4. The first-order valence-electron chi connectivity index (χ1n) is 11.2. The number of hydrogen-bond acceptors (Lipinski definition) is 8. The molecular formula is C25H24N8O2S. The smallest absolute Gasteiger partial charge is 0.232 e. The number of aromatic nitrogens is 5. The van der Waals surface area contributed by atoms with Crippen LogP contribution in [0.5, 0.6) is 0 Å². The summed E-state index contributed by atoms with van der Waals surface area (Å²) < 4.78 is 27.7. The van der Waals surface area contributed by atoms with Crippen molar-refractivity contribution < 1.29 is 8.42 Å². The van der Waals surface area contributed by atoms with Crippen LogP contribution >= 0.6 is 0 Å². The highest BCUT2D eigenvalue weighted by Crippen LogP contribution is 2.22. The van der Waals surface area contributed by atoms with Gasteiger partial charge >= 0.3 is 0 Å². The molecule has 5 rings (SSSR count). The molecule has 36 heavy (non-hydrogen) atoms. The van der Waals surface area contributed by atoms with Crippen LogP contribution in [0.4, 0.5) is 23.3 Å². The van der Waals surface area contributed by atoms with E-state index in [1.165, 1.54) is 18.9 Å². The lowest BCUT2D eigenvalue weighted by Gasteiger charge is -2.09. The Morgan fingerprint density at radius 3 is 2.25 bits per heavy atom. The fourth-order valence-corrected chi connectivity index (χ4v) is 4.47. The molecule has 0 saturated heterocycles. The van der Waals surface area contributed by atoms with E-state index in [9.17, 15) is 8.42 Å². The molecule has 2 aromatic heterocycles. The first-order valence-corrected chi connectivity index (χ1v) is 12.9. The van der Waals surface area contributed by atoms with E-state index in [1.54, 1.807) is 24.3 Å². The zero-order valence-electron chi connectivity index (χ0n) is 19.5. The van der Waals surface area contributed by atoms with Crippen molar-refractivity contribution in [1.29, 1.82) is 0 Å². The number of hydrogen-bond donors (Lipinski definition) is 3. The molecule has 10 nitrogen and oxygen atoms in total. The van der Waals surface area contributed by atoms with E-state index in [0.29, 0.717) is 24.0 Å². The molecule has 11 heteroatoms. The van der Waals surface area contributed by atoms with E-state index >= 15 is 0 Å². The highest BCUT2D eigenvalue weighted by Gasteiger charge is 2.09. The monoisotopic (exact) mass is 500 g/mol. The molecule has 3 N–H and O–H groups in total. The lowest BCUT2D eigenvalue weighted by molar-refractivity contribution is 0.587. The van der Waals surface area contributed by atoms with E-state index in [-0.39, 0.29) is 5.75 Å². The lowest BCUT2D eigenvalue weighted by atomic mass is 10.2. The fourth-order valence-electron chi connectivity index (χ4n) is 3.70. The zero-order valence-corrected chi connectivity index (χ0v) is 20.3. The maximum atomic E-state index is 11.7. The summed E-state index contributed by atoms with van der Waals surface area (Å²) in [4.78, 5) is 12.8. The summed E-state index contributed by atoms with van der Waals surface area (Å²) in [6.07, 6.45) is 3.26. The van der Waals surface area contributed by atoms with Crippen LogP contribution in [-0.2, 0) is 22.3 Å². The van der Waals surface area contributed by atoms with Gasteiger partial charge in [-0.2, -0.15) is 10.1 Å². The van der Waals surface area contributed by atoms with Gasteiger partial charge in [-0.1, -0.05) is 42.5 Å². The average molecular weight is 501 g/mol. The van der Waals surface area contributed by atoms with Gasteiger partial charge < -0.3 is 10.6 Å². The van der Waals surface area contributed by atoms with Gasteiger partial charge in [-0.15, -0.1) is 0 Å². The van der Waals surface area contributed by atoms with Gasteiger partial charge in [-0.25, -0.2) is 23.1 Å². The maximum absolute atomic E-state index is 11.7. The summed E-state index contributed by atoms with van der Waals surface area (Å²) in [7, 11) is -1.93. The molecule has 0 saturated carbocycles. The average Bonchev–Trinajstić information content (AvgIpc) is 3.28. The minimum Gasteiger partial charge on any atom is -0.324 e. The molecule has 2 heterocycles. The molecular weight excluding hydrogens is 476 g/mol. The third-order valence-corrected chi connectivity index (χ3v) is 6.86. The second kappa shape index (κ2) is 10.1. The highest BCUT2D eigenvalue weighted by atomic mass is 32.2. The molecule has 0 bridgehead atoms. The van der Waals surface area contributed by atoms with Crippen molar-refractivity contribution in [3.63, 3.8) is 0 Å². The van der Waals surface area contributed by atoms with Crippen molar-refractivity contribution in [1.82, 2.24) is 29.5 Å². The summed E-state index contributed by atoms with van der Waals surface area (Å²) in [5.74, 6) is 0.666. The van der Waals surface area contributed by atoms with Crippen LogP contribution in [-0.4, -0.2) is 40.2 Å². The Morgan fingerprint density at radius 2 is 1.53 bits per heavy atom. The molecule has 0 unspecified atom stereocenters. The van der Waals surface area contributed by atoms with Crippen LogP contribution in [0.2, 0.25) is 0 Å². The molecule has 182 valence electrons. The molecule has 0 aliphatic heterocycles. The number of rotatable bonds is 9. The normalized spacial score (nSPS) is 11.5. The van der Waals surface area contributed by atoms with Crippen molar-refractivity contribution in [3.8, 4) is 0 Å². The molecule has 0 aliphatic carbocycles. The van der Waals surface area contributed by atoms with Crippen molar-refractivity contribution in [3.05, 3.63) is 96.4 Å². The van der Waals surface area contributed by atoms with Gasteiger partial charge in [-0.3, -0.25) is 4.68 Å². The van der Waals surface area contributed by atoms with Gasteiger partial charge in [0.1, 0.15) is 6.33 Å². The quantitative estimate of drug-likeness (QED) is 0.279. The summed E-state index contributed by atoms with van der Waals surface area (Å²) in [5, 5.41) is 11.9. The van der Waals surface area contributed by atoms with Crippen LogP contribution in [0.15, 0.2) is 85.3 Å². The van der Waals surface area contributed by atoms with Crippen LogP contribution in [0.1, 0.15) is 11.1 Å². The first kappa shape index (κ1) is 23.4. The van der Waals surface area contributed by atoms with Crippen molar-refractivity contribution in [2.24, 2.45) is 0 Å².